The van der Waals surface area contributed by atoms with Gasteiger partial charge in [0.05, 0.1) is 0 Å². The van der Waals surface area contributed by atoms with Crippen molar-refractivity contribution in [3.8, 4) is 0 Å². The summed E-state index contributed by atoms with van der Waals surface area (Å²) >= 11 is 0. The van der Waals surface area contributed by atoms with Crippen LogP contribution in [-0.4, -0.2) is 42.4 Å². The van der Waals surface area contributed by atoms with Crippen molar-refractivity contribution in [2.75, 3.05) is 13.1 Å². The van der Waals surface area contributed by atoms with E-state index in [-0.39, 0.29) is 5.91 Å². The molecule has 0 spiro atoms. The molecule has 0 bridgehead atoms. The molecular formula is C8H13NO3. The lowest BCUT2D eigenvalue weighted by Gasteiger charge is -2.16. The van der Waals surface area contributed by atoms with Crippen LogP contribution in [0.25, 0.3) is 0 Å². The molecule has 0 aliphatic carbocycles. The topological polar surface area (TPSA) is 49.9 Å². The Morgan fingerprint density at radius 1 is 1.50 bits per heavy atom. The Labute approximate surface area is 71.5 Å². The van der Waals surface area contributed by atoms with Crippen LogP contribution in [0.5, 0.6) is 0 Å². The number of carbonyl (C=O) groups is 2. The van der Waals surface area contributed by atoms with Crippen LogP contribution in [-0.2, 0) is 14.3 Å². The number of hydrogen-bond acceptors (Lipinski definition) is 3. The molecule has 1 rings (SSSR count). The van der Waals surface area contributed by atoms with Gasteiger partial charge in [-0.05, 0) is 13.8 Å². The van der Waals surface area contributed by atoms with Crippen molar-refractivity contribution in [1.29, 1.82) is 0 Å². The fraction of sp³-hybridized carbons (Fsp3) is 0.750. The summed E-state index contributed by atoms with van der Waals surface area (Å²) in [4.78, 5) is 23.2. The van der Waals surface area contributed by atoms with E-state index in [0.29, 0.717) is 19.4 Å². The van der Waals surface area contributed by atoms with E-state index in [1.165, 1.54) is 0 Å². The Morgan fingerprint density at radius 3 is 2.42 bits per heavy atom. The Kier molecular flexibility index (Phi) is 2.81. The van der Waals surface area contributed by atoms with Gasteiger partial charge in [-0.1, -0.05) is 0 Å². The van der Waals surface area contributed by atoms with Crippen molar-refractivity contribution in [3.05, 3.63) is 0 Å². The molecular weight excluding hydrogens is 158 g/mol. The predicted octanol–water partition coefficient (Wildman–Crippen LogP) is -0.179. The molecule has 1 heterocycles. The molecule has 1 aliphatic heterocycles. The van der Waals surface area contributed by atoms with Gasteiger partial charge in [-0.15, -0.1) is 0 Å². The normalized spacial score (nSPS) is 26.5. The molecule has 0 aromatic heterocycles. The van der Waals surface area contributed by atoms with Crippen molar-refractivity contribution < 1.29 is 14.3 Å². The second-order valence-electron chi connectivity index (χ2n) is 2.67. The van der Waals surface area contributed by atoms with E-state index in [9.17, 15) is 9.59 Å². The first-order valence-electron chi connectivity index (χ1n) is 4.14. The molecule has 0 radical (unpaired) electrons. The molecule has 1 amide bonds. The summed E-state index contributed by atoms with van der Waals surface area (Å²) in [6, 6.07) is 0. The zero-order valence-corrected chi connectivity index (χ0v) is 7.32. The molecule has 68 valence electrons. The van der Waals surface area contributed by atoms with Gasteiger partial charge in [0.1, 0.15) is 6.10 Å². The van der Waals surface area contributed by atoms with Crippen LogP contribution in [0.15, 0.2) is 0 Å². The summed E-state index contributed by atoms with van der Waals surface area (Å²) < 4.78 is 4.85. The maximum Gasteiger partial charge on any atom is 0.254 e. The standard InChI is InChI=1S/C8H13NO3/c1-3-9(4-2)8(11)7-6(5-10)12-7/h5-7H,3-4H2,1-2H3/t6-,7-/m0/s1. The monoisotopic (exact) mass is 171 g/mol. The Hall–Kier alpha value is -0.900. The minimum absolute atomic E-state index is 0.0721. The summed E-state index contributed by atoms with van der Waals surface area (Å²) in [7, 11) is 0. The second kappa shape index (κ2) is 3.67. The minimum Gasteiger partial charge on any atom is -0.351 e. The Bertz CT molecular complexity index is 189. The highest BCUT2D eigenvalue weighted by atomic mass is 16.6. The molecule has 0 aromatic carbocycles. The highest BCUT2D eigenvalue weighted by Crippen LogP contribution is 2.21. The van der Waals surface area contributed by atoms with Crippen LogP contribution in [0.3, 0.4) is 0 Å². The molecule has 0 N–H and O–H groups in total. The van der Waals surface area contributed by atoms with Crippen LogP contribution in [0.4, 0.5) is 0 Å². The number of likely N-dealkylation sites (N-methyl/N-ethyl adjacent to an activating group) is 1. The van der Waals surface area contributed by atoms with E-state index in [1.807, 2.05) is 13.8 Å². The lowest BCUT2D eigenvalue weighted by Crippen LogP contribution is -2.34. The largest absolute Gasteiger partial charge is 0.351 e. The minimum atomic E-state index is -0.498. The highest BCUT2D eigenvalue weighted by molar-refractivity contribution is 5.88. The van der Waals surface area contributed by atoms with Gasteiger partial charge in [-0.3, -0.25) is 4.79 Å². The van der Waals surface area contributed by atoms with Crippen molar-refractivity contribution >= 4 is 12.2 Å². The molecule has 1 aliphatic rings. The SMILES string of the molecule is CCN(CC)C(=O)[C@H]1O[C@H]1C=O. The van der Waals surface area contributed by atoms with Gasteiger partial charge in [-0.2, -0.15) is 0 Å². The molecule has 1 fully saturated rings. The number of carbonyl (C=O) groups excluding carboxylic acids is 2. The molecule has 12 heavy (non-hydrogen) atoms. The zero-order chi connectivity index (χ0) is 9.14. The molecule has 0 unspecified atom stereocenters. The first kappa shape index (κ1) is 9.19. The van der Waals surface area contributed by atoms with E-state index in [4.69, 9.17) is 4.74 Å². The van der Waals surface area contributed by atoms with Gasteiger partial charge < -0.3 is 14.4 Å². The van der Waals surface area contributed by atoms with E-state index in [1.54, 1.807) is 4.90 Å². The Morgan fingerprint density at radius 2 is 2.08 bits per heavy atom. The number of rotatable bonds is 4. The summed E-state index contributed by atoms with van der Waals surface area (Å²) in [5.74, 6) is -0.0721. The molecule has 4 heteroatoms. The van der Waals surface area contributed by atoms with Gasteiger partial charge in [0.25, 0.3) is 5.91 Å². The van der Waals surface area contributed by atoms with E-state index in [0.717, 1.165) is 0 Å². The summed E-state index contributed by atoms with van der Waals surface area (Å²) in [5, 5.41) is 0. The van der Waals surface area contributed by atoms with Crippen LogP contribution in [0.2, 0.25) is 0 Å². The van der Waals surface area contributed by atoms with Crippen LogP contribution in [0.1, 0.15) is 13.8 Å². The fourth-order valence-electron chi connectivity index (χ4n) is 1.14. The molecule has 0 saturated carbocycles. The van der Waals surface area contributed by atoms with Gasteiger partial charge >= 0.3 is 0 Å². The average Bonchev–Trinajstić information content (AvgIpc) is 2.85. The third-order valence-corrected chi connectivity index (χ3v) is 1.98. The highest BCUT2D eigenvalue weighted by Gasteiger charge is 2.46. The summed E-state index contributed by atoms with van der Waals surface area (Å²) in [6.45, 7) is 5.14. The quantitative estimate of drug-likeness (QED) is 0.435. The smallest absolute Gasteiger partial charge is 0.254 e. The zero-order valence-electron chi connectivity index (χ0n) is 7.32. The second-order valence-corrected chi connectivity index (χ2v) is 2.67. The molecule has 1 saturated heterocycles. The van der Waals surface area contributed by atoms with Crippen LogP contribution in [0, 0.1) is 0 Å². The van der Waals surface area contributed by atoms with Crippen molar-refractivity contribution in [1.82, 2.24) is 4.90 Å². The van der Waals surface area contributed by atoms with Crippen molar-refractivity contribution in [2.24, 2.45) is 0 Å². The van der Waals surface area contributed by atoms with Gasteiger partial charge in [-0.25, -0.2) is 0 Å². The molecule has 4 nitrogen and oxygen atoms in total. The number of ether oxygens (including phenoxy) is 1. The van der Waals surface area contributed by atoms with E-state index >= 15 is 0 Å². The third-order valence-electron chi connectivity index (χ3n) is 1.98. The number of nitrogens with zero attached hydrogens (tertiary/aromatic N) is 1. The van der Waals surface area contributed by atoms with Crippen molar-refractivity contribution in [3.63, 3.8) is 0 Å². The summed E-state index contributed by atoms with van der Waals surface area (Å²) in [5.41, 5.74) is 0. The number of aldehydes is 1. The fourth-order valence-corrected chi connectivity index (χ4v) is 1.14. The predicted molar refractivity (Wildman–Crippen MR) is 42.7 cm³/mol. The maximum atomic E-state index is 11.4. The van der Waals surface area contributed by atoms with Gasteiger partial charge in [0.15, 0.2) is 12.4 Å². The van der Waals surface area contributed by atoms with E-state index in [2.05, 4.69) is 0 Å². The molecule has 2 atom stereocenters. The average molecular weight is 171 g/mol. The van der Waals surface area contributed by atoms with E-state index < -0.39 is 12.2 Å². The number of hydrogen-bond donors (Lipinski definition) is 0. The van der Waals surface area contributed by atoms with Gasteiger partial charge in [0.2, 0.25) is 0 Å². The lowest BCUT2D eigenvalue weighted by molar-refractivity contribution is -0.132. The Balaban J connectivity index is 2.42. The van der Waals surface area contributed by atoms with Crippen LogP contribution < -0.4 is 0 Å². The third kappa shape index (κ3) is 1.64. The van der Waals surface area contributed by atoms with Gasteiger partial charge in [0, 0.05) is 13.1 Å². The van der Waals surface area contributed by atoms with Crippen molar-refractivity contribution in [2.45, 2.75) is 26.1 Å². The lowest BCUT2D eigenvalue weighted by atomic mass is 10.3. The molecule has 0 aromatic rings. The number of epoxide rings is 1. The first-order chi connectivity index (χ1) is 5.74. The summed E-state index contributed by atoms with van der Waals surface area (Å²) in [6.07, 6.45) is -0.313. The van der Waals surface area contributed by atoms with Crippen LogP contribution >= 0.6 is 0 Å². The maximum absolute atomic E-state index is 11.4. The number of amides is 1. The first-order valence-corrected chi connectivity index (χ1v) is 4.14.